The molecule has 2 amide bonds. The van der Waals surface area contributed by atoms with Gasteiger partial charge in [-0.3, -0.25) is 15.0 Å². The molecule has 0 spiro atoms. The van der Waals surface area contributed by atoms with Crippen LogP contribution in [-0.4, -0.2) is 35.6 Å². The summed E-state index contributed by atoms with van der Waals surface area (Å²) in [5.41, 5.74) is 6.01. The molecule has 2 aliphatic carbocycles. The summed E-state index contributed by atoms with van der Waals surface area (Å²) in [6.45, 7) is 0.851. The number of imide groups is 1. The highest BCUT2D eigenvalue weighted by Crippen LogP contribution is 2.39. The van der Waals surface area contributed by atoms with E-state index >= 15 is 0 Å². The quantitative estimate of drug-likeness (QED) is 0.399. The van der Waals surface area contributed by atoms with Crippen molar-refractivity contribution in [2.75, 3.05) is 6.54 Å². The van der Waals surface area contributed by atoms with Crippen molar-refractivity contribution in [2.24, 2.45) is 5.92 Å². The molecule has 3 heterocycles. The minimum Gasteiger partial charge on any atom is -0.380 e. The number of allylic oxidation sites excluding steroid dienone is 3. The van der Waals surface area contributed by atoms with Crippen LogP contribution in [-0.2, 0) is 9.59 Å². The van der Waals surface area contributed by atoms with Crippen molar-refractivity contribution < 1.29 is 9.59 Å². The number of nitrogens with zero attached hydrogens (tertiary/aromatic N) is 1. The van der Waals surface area contributed by atoms with Crippen molar-refractivity contribution in [1.82, 2.24) is 15.5 Å². The summed E-state index contributed by atoms with van der Waals surface area (Å²) in [5, 5.41) is 14.6. The van der Waals surface area contributed by atoms with Crippen LogP contribution in [0.2, 0.25) is 0 Å². The van der Waals surface area contributed by atoms with Gasteiger partial charge >= 0.3 is 0 Å². The third kappa shape index (κ3) is 2.43. The van der Waals surface area contributed by atoms with Crippen molar-refractivity contribution in [1.29, 1.82) is 5.41 Å². The first-order valence-electron chi connectivity index (χ1n) is 9.61. The molecule has 0 aromatic rings. The highest BCUT2D eigenvalue weighted by molar-refractivity contribution is 6.26. The van der Waals surface area contributed by atoms with Crippen LogP contribution in [0, 0.1) is 11.3 Å². The Balaban J connectivity index is 1.44. The zero-order valence-corrected chi connectivity index (χ0v) is 15.0. The number of hydrogen-bond acceptors (Lipinski definition) is 5. The molecule has 5 rings (SSSR count). The zero-order valence-electron chi connectivity index (χ0n) is 15.0. The standard InChI is InChI=1S/C21H22N4O2/c22-11-25-20(26)15-7-5-14(10-16(15)21(25)27)17-8-6-13-4-3-12-2-1-9-23-18(12)19(13)24-17/h1-3,10-11,13,17,22-24H,4-9H2. The van der Waals surface area contributed by atoms with E-state index in [-0.39, 0.29) is 17.9 Å². The van der Waals surface area contributed by atoms with Gasteiger partial charge in [-0.25, -0.2) is 4.90 Å². The van der Waals surface area contributed by atoms with E-state index in [1.54, 1.807) is 0 Å². The number of nitrogens with one attached hydrogen (secondary N) is 3. The van der Waals surface area contributed by atoms with Crippen LogP contribution in [0.5, 0.6) is 0 Å². The Labute approximate surface area is 157 Å². The second-order valence-corrected chi connectivity index (χ2v) is 7.66. The molecule has 5 aliphatic rings. The maximum Gasteiger partial charge on any atom is 0.266 e. The van der Waals surface area contributed by atoms with E-state index in [2.05, 4.69) is 28.9 Å². The minimum absolute atomic E-state index is 0.196. The number of rotatable bonds is 2. The third-order valence-electron chi connectivity index (χ3n) is 6.24. The molecule has 27 heavy (non-hydrogen) atoms. The second-order valence-electron chi connectivity index (χ2n) is 7.66. The van der Waals surface area contributed by atoms with Crippen molar-refractivity contribution in [3.8, 4) is 0 Å². The van der Waals surface area contributed by atoms with Crippen LogP contribution in [0.25, 0.3) is 0 Å². The number of amides is 2. The van der Waals surface area contributed by atoms with Crippen LogP contribution in [0.1, 0.15) is 32.1 Å². The summed E-state index contributed by atoms with van der Waals surface area (Å²) in [4.78, 5) is 25.6. The van der Waals surface area contributed by atoms with Crippen molar-refractivity contribution in [3.05, 3.63) is 58.0 Å². The van der Waals surface area contributed by atoms with Crippen molar-refractivity contribution in [2.45, 2.75) is 38.1 Å². The Kier molecular flexibility index (Phi) is 3.67. The van der Waals surface area contributed by atoms with E-state index in [1.807, 2.05) is 6.08 Å². The summed E-state index contributed by atoms with van der Waals surface area (Å²) >= 11 is 0. The molecule has 6 nitrogen and oxygen atoms in total. The van der Waals surface area contributed by atoms with E-state index in [1.165, 1.54) is 22.5 Å². The van der Waals surface area contributed by atoms with Gasteiger partial charge in [-0.1, -0.05) is 18.2 Å². The SMILES string of the molecule is N=CN1C(=O)C2=C(CCC(C3CCC4CC=C5C=CCNC5=C4N3)=C2)C1=O. The summed E-state index contributed by atoms with van der Waals surface area (Å²) in [7, 11) is 0. The lowest BCUT2D eigenvalue weighted by molar-refractivity contribution is -0.132. The maximum absolute atomic E-state index is 12.4. The summed E-state index contributed by atoms with van der Waals surface area (Å²) in [6, 6.07) is 0.196. The van der Waals surface area contributed by atoms with Crippen molar-refractivity contribution in [3.63, 3.8) is 0 Å². The van der Waals surface area contributed by atoms with E-state index in [0.717, 1.165) is 43.5 Å². The average molecular weight is 362 g/mol. The number of piperidine rings is 1. The lowest BCUT2D eigenvalue weighted by atomic mass is 9.79. The molecule has 2 atom stereocenters. The summed E-state index contributed by atoms with van der Waals surface area (Å²) < 4.78 is 0. The topological polar surface area (TPSA) is 85.3 Å². The smallest absolute Gasteiger partial charge is 0.266 e. The first-order valence-corrected chi connectivity index (χ1v) is 9.61. The van der Waals surface area contributed by atoms with Gasteiger partial charge in [0.05, 0.1) is 12.0 Å². The molecule has 1 saturated heterocycles. The summed E-state index contributed by atoms with van der Waals surface area (Å²) in [5.74, 6) is -0.164. The fourth-order valence-corrected chi connectivity index (χ4v) is 4.82. The molecule has 1 fully saturated rings. The fraction of sp³-hybridized carbons (Fsp3) is 0.381. The van der Waals surface area contributed by atoms with Crippen LogP contribution < -0.4 is 10.6 Å². The van der Waals surface area contributed by atoms with Gasteiger partial charge in [-0.15, -0.1) is 0 Å². The molecule has 3 N–H and O–H groups in total. The number of hydrogen-bond donors (Lipinski definition) is 3. The molecule has 2 unspecified atom stereocenters. The lowest BCUT2D eigenvalue weighted by Crippen LogP contribution is -2.42. The molecule has 0 aromatic carbocycles. The van der Waals surface area contributed by atoms with Gasteiger partial charge in [0.1, 0.15) is 0 Å². The Bertz CT molecular complexity index is 918. The predicted molar refractivity (Wildman–Crippen MR) is 101 cm³/mol. The Morgan fingerprint density at radius 3 is 2.93 bits per heavy atom. The lowest BCUT2D eigenvalue weighted by Gasteiger charge is -2.39. The molecule has 6 heteroatoms. The Hall–Kier alpha value is -2.89. The second kappa shape index (κ2) is 6.08. The number of carbonyl (C=O) groups excluding carboxylic acids is 2. The molecule has 0 radical (unpaired) electrons. The third-order valence-corrected chi connectivity index (χ3v) is 6.24. The van der Waals surface area contributed by atoms with Gasteiger partial charge in [-0.05, 0) is 49.3 Å². The zero-order chi connectivity index (χ0) is 18.5. The van der Waals surface area contributed by atoms with Gasteiger partial charge in [0.15, 0.2) is 0 Å². The van der Waals surface area contributed by atoms with Crippen LogP contribution in [0.4, 0.5) is 0 Å². The minimum atomic E-state index is -0.361. The maximum atomic E-state index is 12.4. The molecule has 3 aliphatic heterocycles. The summed E-state index contributed by atoms with van der Waals surface area (Å²) in [6.07, 6.45) is 14.0. The van der Waals surface area contributed by atoms with Gasteiger partial charge in [0.25, 0.3) is 11.8 Å². The van der Waals surface area contributed by atoms with E-state index in [0.29, 0.717) is 23.5 Å². The normalized spacial score (nSPS) is 29.4. The number of fused-ring (bicyclic) bond motifs is 2. The molecule has 0 bridgehead atoms. The van der Waals surface area contributed by atoms with Gasteiger partial charge in [-0.2, -0.15) is 0 Å². The molecular formula is C21H22N4O2. The van der Waals surface area contributed by atoms with Crippen LogP contribution >= 0.6 is 0 Å². The van der Waals surface area contributed by atoms with Crippen LogP contribution in [0.3, 0.4) is 0 Å². The van der Waals surface area contributed by atoms with Crippen LogP contribution in [0.15, 0.2) is 58.0 Å². The Morgan fingerprint density at radius 2 is 2.07 bits per heavy atom. The highest BCUT2D eigenvalue weighted by Gasteiger charge is 2.39. The molecule has 0 saturated carbocycles. The predicted octanol–water partition coefficient (Wildman–Crippen LogP) is 2.05. The molecule has 138 valence electrons. The fourth-order valence-electron chi connectivity index (χ4n) is 4.82. The van der Waals surface area contributed by atoms with E-state index < -0.39 is 0 Å². The van der Waals surface area contributed by atoms with Gasteiger partial charge in [0.2, 0.25) is 0 Å². The van der Waals surface area contributed by atoms with Gasteiger partial charge in [0, 0.05) is 35.3 Å². The highest BCUT2D eigenvalue weighted by atomic mass is 16.2. The Morgan fingerprint density at radius 1 is 1.19 bits per heavy atom. The van der Waals surface area contributed by atoms with Gasteiger partial charge < -0.3 is 10.6 Å². The number of carbonyl (C=O) groups is 2. The molecular weight excluding hydrogens is 340 g/mol. The van der Waals surface area contributed by atoms with Crippen molar-refractivity contribution >= 4 is 18.2 Å². The largest absolute Gasteiger partial charge is 0.380 e. The first-order chi connectivity index (χ1) is 13.2. The van der Waals surface area contributed by atoms with E-state index in [4.69, 9.17) is 5.41 Å². The first kappa shape index (κ1) is 16.3. The average Bonchev–Trinajstić information content (AvgIpc) is 2.96. The van der Waals surface area contributed by atoms with E-state index in [9.17, 15) is 9.59 Å². The molecule has 0 aromatic heterocycles. The monoisotopic (exact) mass is 362 g/mol.